The quantitative estimate of drug-likeness (QED) is 0.608. The molecular formula is C25H28O3. The van der Waals surface area contributed by atoms with E-state index in [2.05, 4.69) is 57.2 Å². The fourth-order valence-corrected chi connectivity index (χ4v) is 3.71. The summed E-state index contributed by atoms with van der Waals surface area (Å²) in [6.07, 6.45) is 2.85. The summed E-state index contributed by atoms with van der Waals surface area (Å²) in [6, 6.07) is 14.8. The maximum Gasteiger partial charge on any atom is 0.303 e. The zero-order chi connectivity index (χ0) is 20.3. The SMILES string of the molecule is CCOc1ccc2c(c1)C(CCC(=O)O)=C(C)/C2=C/c1ccc(C(C)C)cc1. The summed E-state index contributed by atoms with van der Waals surface area (Å²) in [5.41, 5.74) is 8.13. The lowest BCUT2D eigenvalue weighted by molar-refractivity contribution is -0.136. The third-order valence-corrected chi connectivity index (χ3v) is 5.28. The summed E-state index contributed by atoms with van der Waals surface area (Å²) in [6.45, 7) is 9.05. The molecule has 1 N–H and O–H groups in total. The smallest absolute Gasteiger partial charge is 0.303 e. The van der Waals surface area contributed by atoms with Crippen LogP contribution in [0, 0.1) is 0 Å². The van der Waals surface area contributed by atoms with Gasteiger partial charge in [-0.2, -0.15) is 0 Å². The summed E-state index contributed by atoms with van der Waals surface area (Å²) in [4.78, 5) is 11.1. The first-order valence-corrected chi connectivity index (χ1v) is 9.91. The van der Waals surface area contributed by atoms with E-state index >= 15 is 0 Å². The van der Waals surface area contributed by atoms with E-state index in [9.17, 15) is 4.79 Å². The monoisotopic (exact) mass is 376 g/mol. The summed E-state index contributed by atoms with van der Waals surface area (Å²) in [5.74, 6) is 0.559. The van der Waals surface area contributed by atoms with E-state index in [0.29, 0.717) is 18.9 Å². The number of benzene rings is 2. The Bertz CT molecular complexity index is 931. The molecule has 0 saturated heterocycles. The zero-order valence-electron chi connectivity index (χ0n) is 17.1. The van der Waals surface area contributed by atoms with Gasteiger partial charge in [-0.25, -0.2) is 0 Å². The van der Waals surface area contributed by atoms with Crippen LogP contribution in [0.1, 0.15) is 68.7 Å². The fourth-order valence-electron chi connectivity index (χ4n) is 3.71. The molecule has 3 rings (SSSR count). The average Bonchev–Trinajstić information content (AvgIpc) is 2.91. The number of hydrogen-bond donors (Lipinski definition) is 1. The molecule has 3 nitrogen and oxygen atoms in total. The maximum atomic E-state index is 11.1. The van der Waals surface area contributed by atoms with Crippen LogP contribution in [0.25, 0.3) is 17.2 Å². The molecule has 0 fully saturated rings. The maximum absolute atomic E-state index is 11.1. The van der Waals surface area contributed by atoms with Gasteiger partial charge in [0.2, 0.25) is 0 Å². The Hall–Kier alpha value is -2.81. The number of hydrogen-bond acceptors (Lipinski definition) is 2. The van der Waals surface area contributed by atoms with Gasteiger partial charge < -0.3 is 9.84 Å². The van der Waals surface area contributed by atoms with Crippen LogP contribution in [0.2, 0.25) is 0 Å². The highest BCUT2D eigenvalue weighted by Gasteiger charge is 2.24. The molecule has 0 aliphatic heterocycles. The van der Waals surface area contributed by atoms with Crippen LogP contribution < -0.4 is 4.74 Å². The van der Waals surface area contributed by atoms with Crippen LogP contribution >= 0.6 is 0 Å². The lowest BCUT2D eigenvalue weighted by atomic mass is 9.98. The number of rotatable bonds is 7. The van der Waals surface area contributed by atoms with Gasteiger partial charge in [-0.3, -0.25) is 4.79 Å². The molecule has 0 heterocycles. The predicted octanol–water partition coefficient (Wildman–Crippen LogP) is 6.40. The van der Waals surface area contributed by atoms with Gasteiger partial charge in [0.25, 0.3) is 0 Å². The molecule has 2 aromatic carbocycles. The second-order valence-electron chi connectivity index (χ2n) is 7.52. The molecule has 2 aromatic rings. The van der Waals surface area contributed by atoms with E-state index in [0.717, 1.165) is 39.2 Å². The summed E-state index contributed by atoms with van der Waals surface area (Å²) in [7, 11) is 0. The van der Waals surface area contributed by atoms with Crippen molar-refractivity contribution in [3.05, 3.63) is 70.3 Å². The van der Waals surface area contributed by atoms with Crippen LogP contribution in [-0.4, -0.2) is 17.7 Å². The minimum atomic E-state index is -0.774. The molecule has 3 heteroatoms. The van der Waals surface area contributed by atoms with Crippen molar-refractivity contribution in [2.75, 3.05) is 6.61 Å². The minimum Gasteiger partial charge on any atom is -0.494 e. The Morgan fingerprint density at radius 2 is 1.82 bits per heavy atom. The molecule has 28 heavy (non-hydrogen) atoms. The number of carboxylic acid groups (broad SMARTS) is 1. The highest BCUT2D eigenvalue weighted by atomic mass is 16.5. The summed E-state index contributed by atoms with van der Waals surface area (Å²) < 4.78 is 5.67. The number of aliphatic carboxylic acids is 1. The Morgan fingerprint density at radius 1 is 1.11 bits per heavy atom. The molecule has 0 unspecified atom stereocenters. The van der Waals surface area contributed by atoms with Crippen molar-refractivity contribution in [2.45, 2.75) is 46.5 Å². The molecular weight excluding hydrogens is 348 g/mol. The molecule has 0 aromatic heterocycles. The lowest BCUT2D eigenvalue weighted by Gasteiger charge is -2.09. The summed E-state index contributed by atoms with van der Waals surface area (Å²) in [5, 5.41) is 9.16. The van der Waals surface area contributed by atoms with Crippen LogP contribution in [0.3, 0.4) is 0 Å². The van der Waals surface area contributed by atoms with Crippen LogP contribution in [0.15, 0.2) is 48.0 Å². The van der Waals surface area contributed by atoms with Gasteiger partial charge in [-0.15, -0.1) is 0 Å². The second kappa shape index (κ2) is 8.47. The van der Waals surface area contributed by atoms with Crippen molar-refractivity contribution in [2.24, 2.45) is 0 Å². The van der Waals surface area contributed by atoms with Gasteiger partial charge in [0.05, 0.1) is 6.61 Å². The van der Waals surface area contributed by atoms with Gasteiger partial charge in [0, 0.05) is 6.42 Å². The Balaban J connectivity index is 2.04. The third-order valence-electron chi connectivity index (χ3n) is 5.28. The van der Waals surface area contributed by atoms with E-state index < -0.39 is 5.97 Å². The number of carboxylic acids is 1. The first kappa shape index (κ1) is 19.9. The van der Waals surface area contributed by atoms with Crippen LogP contribution in [0.5, 0.6) is 5.75 Å². The first-order chi connectivity index (χ1) is 13.4. The van der Waals surface area contributed by atoms with Gasteiger partial charge >= 0.3 is 5.97 Å². The molecule has 0 radical (unpaired) electrons. The van der Waals surface area contributed by atoms with E-state index in [1.165, 1.54) is 5.56 Å². The molecule has 0 amide bonds. The highest BCUT2D eigenvalue weighted by Crippen LogP contribution is 2.45. The van der Waals surface area contributed by atoms with Crippen LogP contribution in [0.4, 0.5) is 0 Å². The number of fused-ring (bicyclic) bond motifs is 1. The van der Waals surface area contributed by atoms with Crippen molar-refractivity contribution in [1.82, 2.24) is 0 Å². The molecule has 0 atom stereocenters. The van der Waals surface area contributed by atoms with Gasteiger partial charge in [0.1, 0.15) is 5.75 Å². The van der Waals surface area contributed by atoms with Gasteiger partial charge in [-0.1, -0.05) is 44.2 Å². The fraction of sp³-hybridized carbons (Fsp3) is 0.320. The number of ether oxygens (including phenoxy) is 1. The largest absolute Gasteiger partial charge is 0.494 e. The van der Waals surface area contributed by atoms with E-state index in [4.69, 9.17) is 9.84 Å². The predicted molar refractivity (Wildman–Crippen MR) is 115 cm³/mol. The van der Waals surface area contributed by atoms with Crippen LogP contribution in [-0.2, 0) is 4.79 Å². The number of allylic oxidation sites excluding steroid dienone is 3. The number of carbonyl (C=O) groups is 1. The van der Waals surface area contributed by atoms with Crippen molar-refractivity contribution in [1.29, 1.82) is 0 Å². The topological polar surface area (TPSA) is 46.5 Å². The lowest BCUT2D eigenvalue weighted by Crippen LogP contribution is -1.96. The van der Waals surface area contributed by atoms with Crippen molar-refractivity contribution < 1.29 is 14.6 Å². The van der Waals surface area contributed by atoms with Crippen molar-refractivity contribution in [3.8, 4) is 5.75 Å². The average molecular weight is 376 g/mol. The van der Waals surface area contributed by atoms with E-state index in [1.54, 1.807) is 0 Å². The van der Waals surface area contributed by atoms with Crippen molar-refractivity contribution in [3.63, 3.8) is 0 Å². The van der Waals surface area contributed by atoms with E-state index in [-0.39, 0.29) is 6.42 Å². The zero-order valence-corrected chi connectivity index (χ0v) is 17.1. The van der Waals surface area contributed by atoms with Gasteiger partial charge in [-0.05, 0) is 83.4 Å². The highest BCUT2D eigenvalue weighted by molar-refractivity contribution is 6.05. The van der Waals surface area contributed by atoms with Crippen molar-refractivity contribution >= 4 is 23.2 Å². The Kier molecular flexibility index (Phi) is 6.03. The molecule has 1 aliphatic carbocycles. The summed E-state index contributed by atoms with van der Waals surface area (Å²) >= 11 is 0. The first-order valence-electron chi connectivity index (χ1n) is 9.91. The Labute approximate surface area is 167 Å². The normalized spacial score (nSPS) is 14.7. The standard InChI is InChI=1S/C25H28O3/c1-5-28-20-10-11-22-23(14-18-6-8-19(9-7-18)16(2)3)17(4)21(24(22)15-20)12-13-25(26)27/h6-11,14-16H,5,12-13H2,1-4H3,(H,26,27)/b23-14-. The van der Waals surface area contributed by atoms with Gasteiger partial charge in [0.15, 0.2) is 0 Å². The molecule has 0 bridgehead atoms. The molecule has 0 saturated carbocycles. The molecule has 0 spiro atoms. The molecule has 146 valence electrons. The molecule has 1 aliphatic rings. The Morgan fingerprint density at radius 3 is 2.43 bits per heavy atom. The minimum absolute atomic E-state index is 0.126. The second-order valence-corrected chi connectivity index (χ2v) is 7.52. The van der Waals surface area contributed by atoms with E-state index in [1.807, 2.05) is 19.1 Å². The third kappa shape index (κ3) is 4.19.